The number of nitrogens with zero attached hydrogens (tertiary/aromatic N) is 2. The molecule has 3 aromatic rings. The van der Waals surface area contributed by atoms with Crippen LogP contribution in [0, 0.1) is 13.8 Å². The van der Waals surface area contributed by atoms with Crippen LogP contribution < -0.4 is 10.1 Å². The summed E-state index contributed by atoms with van der Waals surface area (Å²) in [5.74, 6) is 0.882. The molecule has 0 unspecified atom stereocenters. The highest BCUT2D eigenvalue weighted by Crippen LogP contribution is 2.26. The van der Waals surface area contributed by atoms with Crippen molar-refractivity contribution >= 4 is 34.9 Å². The molecule has 1 N–H and O–H groups in total. The van der Waals surface area contributed by atoms with Crippen molar-refractivity contribution < 1.29 is 9.53 Å². The highest BCUT2D eigenvalue weighted by molar-refractivity contribution is 6.35. The third-order valence-corrected chi connectivity index (χ3v) is 5.05. The molecule has 0 saturated heterocycles. The summed E-state index contributed by atoms with van der Waals surface area (Å²) < 4.78 is 7.02. The monoisotopic (exact) mass is 403 g/mol. The summed E-state index contributed by atoms with van der Waals surface area (Å²) in [5.41, 5.74) is 2.98. The van der Waals surface area contributed by atoms with Gasteiger partial charge in [0.05, 0.1) is 13.7 Å². The smallest absolute Gasteiger partial charge is 0.257 e. The fourth-order valence-corrected chi connectivity index (χ4v) is 3.35. The van der Waals surface area contributed by atoms with Crippen LogP contribution in [0.5, 0.6) is 5.75 Å². The van der Waals surface area contributed by atoms with Crippen molar-refractivity contribution in [3.8, 4) is 5.75 Å². The fourth-order valence-electron chi connectivity index (χ4n) is 2.83. The second-order valence-electron chi connectivity index (χ2n) is 6.12. The number of carbonyl (C=O) groups is 1. The minimum atomic E-state index is -0.244. The Morgan fingerprint density at radius 2 is 1.81 bits per heavy atom. The van der Waals surface area contributed by atoms with Crippen LogP contribution in [0.4, 0.5) is 5.82 Å². The first-order valence-electron chi connectivity index (χ1n) is 8.33. The number of benzene rings is 2. The molecule has 140 valence electrons. The molecule has 0 atom stereocenters. The standard InChI is InChI=1S/C20H19Cl2N3O2/c1-12-10-19(23-20(26)14-6-4-9-18(27-3)13(14)2)24-25(12)11-15-16(21)7-5-8-17(15)22/h4-10H,11H2,1-3H3,(H,23,24,26). The second-order valence-corrected chi connectivity index (χ2v) is 6.93. The van der Waals surface area contributed by atoms with Crippen molar-refractivity contribution in [1.82, 2.24) is 9.78 Å². The zero-order chi connectivity index (χ0) is 19.6. The average Bonchev–Trinajstić information content (AvgIpc) is 2.97. The number of hydrogen-bond donors (Lipinski definition) is 1. The van der Waals surface area contributed by atoms with E-state index >= 15 is 0 Å². The van der Waals surface area contributed by atoms with Crippen LogP contribution in [0.1, 0.15) is 27.2 Å². The van der Waals surface area contributed by atoms with Crippen LogP contribution in [-0.4, -0.2) is 22.8 Å². The van der Waals surface area contributed by atoms with Crippen molar-refractivity contribution in [2.75, 3.05) is 12.4 Å². The van der Waals surface area contributed by atoms with E-state index in [1.807, 2.05) is 19.9 Å². The van der Waals surface area contributed by atoms with E-state index in [2.05, 4.69) is 10.4 Å². The highest BCUT2D eigenvalue weighted by Gasteiger charge is 2.15. The number of aromatic nitrogens is 2. The topological polar surface area (TPSA) is 56.1 Å². The van der Waals surface area contributed by atoms with Gasteiger partial charge in [0.2, 0.25) is 0 Å². The number of nitrogens with one attached hydrogen (secondary N) is 1. The predicted molar refractivity (Wildman–Crippen MR) is 108 cm³/mol. The summed E-state index contributed by atoms with van der Waals surface area (Å²) in [6.07, 6.45) is 0. The van der Waals surface area contributed by atoms with Crippen molar-refractivity contribution in [3.05, 3.63) is 74.9 Å². The molecule has 27 heavy (non-hydrogen) atoms. The molecule has 5 nitrogen and oxygen atoms in total. The van der Waals surface area contributed by atoms with E-state index in [-0.39, 0.29) is 5.91 Å². The molecule has 0 bridgehead atoms. The zero-order valence-corrected chi connectivity index (χ0v) is 16.7. The van der Waals surface area contributed by atoms with Crippen LogP contribution in [0.25, 0.3) is 0 Å². The molecule has 1 amide bonds. The number of methoxy groups -OCH3 is 1. The van der Waals surface area contributed by atoms with Gasteiger partial charge in [0.25, 0.3) is 5.91 Å². The molecule has 0 saturated carbocycles. The number of aryl methyl sites for hydroxylation is 1. The van der Waals surface area contributed by atoms with Crippen molar-refractivity contribution in [2.45, 2.75) is 20.4 Å². The van der Waals surface area contributed by atoms with Crippen molar-refractivity contribution in [1.29, 1.82) is 0 Å². The SMILES string of the molecule is COc1cccc(C(=O)Nc2cc(C)n(Cc3c(Cl)cccc3Cl)n2)c1C. The van der Waals surface area contributed by atoms with Crippen LogP contribution in [-0.2, 0) is 6.54 Å². The summed E-state index contributed by atoms with van der Waals surface area (Å²) >= 11 is 12.5. The van der Waals surface area contributed by atoms with Crippen LogP contribution >= 0.6 is 23.2 Å². The van der Waals surface area contributed by atoms with Crippen LogP contribution in [0.3, 0.4) is 0 Å². The quantitative estimate of drug-likeness (QED) is 0.643. The van der Waals surface area contributed by atoms with Gasteiger partial charge in [-0.3, -0.25) is 9.48 Å². The molecule has 0 aliphatic carbocycles. The maximum Gasteiger partial charge on any atom is 0.257 e. The van der Waals surface area contributed by atoms with Crippen molar-refractivity contribution in [2.24, 2.45) is 0 Å². The van der Waals surface area contributed by atoms with E-state index in [0.29, 0.717) is 33.7 Å². The molecule has 0 fully saturated rings. The Morgan fingerprint density at radius 1 is 1.15 bits per heavy atom. The molecule has 2 aromatic carbocycles. The fraction of sp³-hybridized carbons (Fsp3) is 0.200. The molecule has 0 radical (unpaired) electrons. The Kier molecular flexibility index (Phi) is 5.73. The minimum Gasteiger partial charge on any atom is -0.496 e. The number of carbonyl (C=O) groups excluding carboxylic acids is 1. The normalized spacial score (nSPS) is 10.7. The lowest BCUT2D eigenvalue weighted by Crippen LogP contribution is -2.14. The number of rotatable bonds is 5. The third-order valence-electron chi connectivity index (χ3n) is 4.34. The molecule has 1 aromatic heterocycles. The second kappa shape index (κ2) is 8.03. The Labute approximate surface area is 167 Å². The van der Waals surface area contributed by atoms with Gasteiger partial charge < -0.3 is 10.1 Å². The lowest BCUT2D eigenvalue weighted by atomic mass is 10.1. The van der Waals surface area contributed by atoms with Gasteiger partial charge in [0, 0.05) is 38.5 Å². The summed E-state index contributed by atoms with van der Waals surface area (Å²) in [4.78, 5) is 12.6. The Morgan fingerprint density at radius 3 is 2.48 bits per heavy atom. The first kappa shape index (κ1) is 19.3. The number of hydrogen-bond acceptors (Lipinski definition) is 3. The van der Waals surface area contributed by atoms with Gasteiger partial charge in [-0.1, -0.05) is 35.3 Å². The van der Waals surface area contributed by atoms with E-state index in [1.165, 1.54) is 0 Å². The third kappa shape index (κ3) is 4.10. The zero-order valence-electron chi connectivity index (χ0n) is 15.2. The molecular weight excluding hydrogens is 385 g/mol. The molecular formula is C20H19Cl2N3O2. The number of anilines is 1. The van der Waals surface area contributed by atoms with Crippen molar-refractivity contribution in [3.63, 3.8) is 0 Å². The van der Waals surface area contributed by atoms with Gasteiger partial charge >= 0.3 is 0 Å². The number of amides is 1. The maximum absolute atomic E-state index is 12.6. The van der Waals surface area contributed by atoms with E-state index in [9.17, 15) is 4.79 Å². The van der Waals surface area contributed by atoms with E-state index in [4.69, 9.17) is 27.9 Å². The van der Waals surface area contributed by atoms with Gasteiger partial charge in [0.1, 0.15) is 5.75 Å². The maximum atomic E-state index is 12.6. The van der Waals surface area contributed by atoms with Gasteiger partial charge in [-0.05, 0) is 38.1 Å². The van der Waals surface area contributed by atoms with Crippen LogP contribution in [0.15, 0.2) is 42.5 Å². The van der Waals surface area contributed by atoms with E-state index in [1.54, 1.807) is 48.2 Å². The van der Waals surface area contributed by atoms with Gasteiger partial charge in [-0.25, -0.2) is 0 Å². The van der Waals surface area contributed by atoms with E-state index < -0.39 is 0 Å². The molecule has 1 heterocycles. The number of halogens is 2. The minimum absolute atomic E-state index is 0.244. The molecule has 3 rings (SSSR count). The predicted octanol–water partition coefficient (Wildman–Crippen LogP) is 5.12. The van der Waals surface area contributed by atoms with Gasteiger partial charge in [-0.2, -0.15) is 5.10 Å². The number of ether oxygens (including phenoxy) is 1. The molecule has 7 heteroatoms. The summed E-state index contributed by atoms with van der Waals surface area (Å²) in [7, 11) is 1.58. The molecule has 0 aliphatic rings. The largest absolute Gasteiger partial charge is 0.496 e. The van der Waals surface area contributed by atoms with Crippen LogP contribution in [0.2, 0.25) is 10.0 Å². The first-order chi connectivity index (χ1) is 12.9. The lowest BCUT2D eigenvalue weighted by Gasteiger charge is -2.10. The Bertz CT molecular complexity index is 979. The summed E-state index contributed by atoms with van der Waals surface area (Å²) in [6, 6.07) is 12.5. The van der Waals surface area contributed by atoms with Gasteiger partial charge in [0.15, 0.2) is 5.82 Å². The molecule has 0 spiro atoms. The summed E-state index contributed by atoms with van der Waals surface area (Å²) in [6.45, 7) is 4.17. The van der Waals surface area contributed by atoms with Gasteiger partial charge in [-0.15, -0.1) is 0 Å². The summed E-state index contributed by atoms with van der Waals surface area (Å²) in [5, 5.41) is 8.45. The van der Waals surface area contributed by atoms with E-state index in [0.717, 1.165) is 16.8 Å². The average molecular weight is 404 g/mol. The Hall–Kier alpha value is -2.50. The molecule has 0 aliphatic heterocycles. The Balaban J connectivity index is 1.82. The first-order valence-corrected chi connectivity index (χ1v) is 9.08. The highest BCUT2D eigenvalue weighted by atomic mass is 35.5. The lowest BCUT2D eigenvalue weighted by molar-refractivity contribution is 0.102.